The Balaban J connectivity index is 1.75. The fraction of sp³-hybridized carbons (Fsp3) is 0.538. The van der Waals surface area contributed by atoms with Crippen LogP contribution in [0.2, 0.25) is 0 Å². The van der Waals surface area contributed by atoms with E-state index >= 15 is 0 Å². The van der Waals surface area contributed by atoms with Crippen molar-refractivity contribution in [1.29, 1.82) is 0 Å². The minimum absolute atomic E-state index is 0.154. The first kappa shape index (κ1) is 11.6. The molecule has 1 saturated carbocycles. The lowest BCUT2D eigenvalue weighted by atomic mass is 9.95. The Kier molecular flexibility index (Phi) is 3.01. The zero-order valence-electron chi connectivity index (χ0n) is 10.1. The van der Waals surface area contributed by atoms with Gasteiger partial charge < -0.3 is 0 Å². The Morgan fingerprint density at radius 2 is 1.94 bits per heavy atom. The van der Waals surface area contributed by atoms with E-state index in [9.17, 15) is 10.1 Å². The summed E-state index contributed by atoms with van der Waals surface area (Å²) in [7, 11) is 0. The number of hydrogen-bond acceptors (Lipinski definition) is 4. The summed E-state index contributed by atoms with van der Waals surface area (Å²) in [5, 5.41) is 12.9. The molecule has 1 aliphatic heterocycles. The van der Waals surface area contributed by atoms with E-state index < -0.39 is 0 Å². The third-order valence-corrected chi connectivity index (χ3v) is 3.74. The topological polar surface area (TPSA) is 58.7 Å². The minimum Gasteiger partial charge on any atom is -0.269 e. The van der Waals surface area contributed by atoms with Gasteiger partial charge in [0.05, 0.1) is 10.5 Å². The highest BCUT2D eigenvalue weighted by atomic mass is 16.8. The highest BCUT2D eigenvalue weighted by molar-refractivity contribution is 5.42. The molecule has 2 fully saturated rings. The summed E-state index contributed by atoms with van der Waals surface area (Å²) in [6.45, 7) is 0. The van der Waals surface area contributed by atoms with Crippen molar-refractivity contribution in [1.82, 2.24) is 5.06 Å². The second-order valence-corrected chi connectivity index (χ2v) is 4.93. The van der Waals surface area contributed by atoms with E-state index in [1.165, 1.54) is 25.3 Å². The Morgan fingerprint density at radius 1 is 1.22 bits per heavy atom. The van der Waals surface area contributed by atoms with Gasteiger partial charge in [0.2, 0.25) is 0 Å². The molecule has 2 aliphatic rings. The average molecular weight is 248 g/mol. The lowest BCUT2D eigenvalue weighted by Gasteiger charge is -2.20. The summed E-state index contributed by atoms with van der Waals surface area (Å²) in [6, 6.07) is 7.27. The quantitative estimate of drug-likeness (QED) is 0.468. The second-order valence-electron chi connectivity index (χ2n) is 4.93. The number of nitro groups is 1. The van der Waals surface area contributed by atoms with Crippen molar-refractivity contribution >= 4 is 5.69 Å². The molecule has 96 valence electrons. The molecule has 5 heteroatoms. The molecule has 0 aromatic heterocycles. The number of nitrogens with zero attached hydrogens (tertiary/aromatic N) is 2. The number of hydrogen-bond donors (Lipinski definition) is 0. The molecule has 5 nitrogen and oxygen atoms in total. The van der Waals surface area contributed by atoms with E-state index in [0.29, 0.717) is 11.6 Å². The van der Waals surface area contributed by atoms with Crippen LogP contribution in [-0.2, 0) is 4.84 Å². The molecular weight excluding hydrogens is 232 g/mol. The lowest BCUT2D eigenvalue weighted by molar-refractivity contribution is -0.385. The van der Waals surface area contributed by atoms with Crippen molar-refractivity contribution in [2.45, 2.75) is 44.4 Å². The van der Waals surface area contributed by atoms with Gasteiger partial charge in [-0.05, 0) is 18.9 Å². The minimum atomic E-state index is -0.337. The monoisotopic (exact) mass is 248 g/mol. The van der Waals surface area contributed by atoms with Gasteiger partial charge in [0.1, 0.15) is 0 Å². The van der Waals surface area contributed by atoms with Gasteiger partial charge in [0.25, 0.3) is 5.69 Å². The molecule has 0 spiro atoms. The zero-order valence-corrected chi connectivity index (χ0v) is 10.1. The molecule has 3 rings (SSSR count). The summed E-state index contributed by atoms with van der Waals surface area (Å²) in [4.78, 5) is 16.2. The van der Waals surface area contributed by atoms with Crippen molar-refractivity contribution in [3.8, 4) is 0 Å². The van der Waals surface area contributed by atoms with Gasteiger partial charge in [-0.1, -0.05) is 31.4 Å². The first-order valence-electron chi connectivity index (χ1n) is 6.46. The Labute approximate surface area is 105 Å². The number of hydroxylamine groups is 2. The van der Waals surface area contributed by atoms with Crippen LogP contribution in [0.15, 0.2) is 24.3 Å². The fourth-order valence-corrected chi connectivity index (χ4v) is 2.76. The van der Waals surface area contributed by atoms with E-state index in [2.05, 4.69) is 0 Å². The molecule has 0 bridgehead atoms. The highest BCUT2D eigenvalue weighted by Crippen LogP contribution is 2.45. The predicted octanol–water partition coefficient (Wildman–Crippen LogP) is 3.17. The summed E-state index contributed by atoms with van der Waals surface area (Å²) in [6.07, 6.45) is 5.81. The molecule has 2 atom stereocenters. The number of para-hydroxylation sites is 1. The molecule has 0 N–H and O–H groups in total. The maximum atomic E-state index is 11.0. The van der Waals surface area contributed by atoms with Crippen LogP contribution < -0.4 is 0 Å². The third-order valence-electron chi connectivity index (χ3n) is 3.74. The molecule has 18 heavy (non-hydrogen) atoms. The van der Waals surface area contributed by atoms with Gasteiger partial charge in [0, 0.05) is 12.1 Å². The first-order valence-corrected chi connectivity index (χ1v) is 6.46. The molecule has 1 aliphatic carbocycles. The van der Waals surface area contributed by atoms with Crippen molar-refractivity contribution in [2.75, 3.05) is 0 Å². The fourth-order valence-electron chi connectivity index (χ4n) is 2.76. The van der Waals surface area contributed by atoms with E-state index in [1.807, 2.05) is 11.1 Å². The summed E-state index contributed by atoms with van der Waals surface area (Å²) in [5.41, 5.74) is 0.828. The van der Waals surface area contributed by atoms with E-state index in [0.717, 1.165) is 12.8 Å². The van der Waals surface area contributed by atoms with Gasteiger partial charge >= 0.3 is 0 Å². The smallest absolute Gasteiger partial charge is 0.269 e. The SMILES string of the molecule is O=[N+]([O-])c1ccccc1[C@@H]1ON1C1CCCCC1. The molecule has 1 unspecified atom stereocenters. The van der Waals surface area contributed by atoms with Gasteiger partial charge in [-0.2, -0.15) is 0 Å². The van der Waals surface area contributed by atoms with Crippen LogP contribution in [-0.4, -0.2) is 16.0 Å². The zero-order chi connectivity index (χ0) is 12.5. The second kappa shape index (κ2) is 4.66. The van der Waals surface area contributed by atoms with Crippen LogP contribution in [0.3, 0.4) is 0 Å². The lowest BCUT2D eigenvalue weighted by Crippen LogP contribution is -2.21. The maximum Gasteiger partial charge on any atom is 0.276 e. The number of rotatable bonds is 3. The molecule has 0 amide bonds. The van der Waals surface area contributed by atoms with Crippen LogP contribution >= 0.6 is 0 Å². The normalized spacial score (nSPS) is 28.0. The predicted molar refractivity (Wildman–Crippen MR) is 65.6 cm³/mol. The maximum absolute atomic E-state index is 11.0. The Morgan fingerprint density at radius 3 is 2.67 bits per heavy atom. The van der Waals surface area contributed by atoms with Crippen molar-refractivity contribution in [3.63, 3.8) is 0 Å². The first-order chi connectivity index (χ1) is 8.77. The van der Waals surface area contributed by atoms with Gasteiger partial charge in [-0.3, -0.25) is 15.0 Å². The average Bonchev–Trinajstić information content (AvgIpc) is 3.20. The molecule has 1 saturated heterocycles. The van der Waals surface area contributed by atoms with Gasteiger partial charge in [-0.25, -0.2) is 0 Å². The standard InChI is InChI=1S/C13H16N2O3/c16-15(17)12-9-5-4-8-11(12)13-14(18-13)10-6-2-1-3-7-10/h4-5,8-10,13H,1-3,6-7H2/t13-,14?/m0/s1. The third kappa shape index (κ3) is 2.11. The summed E-state index contributed by atoms with van der Waals surface area (Å²) in [5.74, 6) is 0. The molecule has 1 aromatic rings. The summed E-state index contributed by atoms with van der Waals surface area (Å²) < 4.78 is 0. The highest BCUT2D eigenvalue weighted by Gasteiger charge is 2.46. The number of nitro benzene ring substituents is 1. The van der Waals surface area contributed by atoms with E-state index in [-0.39, 0.29) is 16.8 Å². The van der Waals surface area contributed by atoms with Crippen LogP contribution in [0.25, 0.3) is 0 Å². The summed E-state index contributed by atoms with van der Waals surface area (Å²) >= 11 is 0. The molecule has 1 aromatic carbocycles. The Bertz CT molecular complexity index is 457. The largest absolute Gasteiger partial charge is 0.276 e. The van der Waals surface area contributed by atoms with Crippen LogP contribution in [0, 0.1) is 10.1 Å². The van der Waals surface area contributed by atoms with Gasteiger partial charge in [0.15, 0.2) is 6.23 Å². The van der Waals surface area contributed by atoms with E-state index in [4.69, 9.17) is 4.84 Å². The van der Waals surface area contributed by atoms with Crippen LogP contribution in [0.1, 0.15) is 43.9 Å². The molecule has 1 heterocycles. The van der Waals surface area contributed by atoms with E-state index in [1.54, 1.807) is 12.1 Å². The Hall–Kier alpha value is -1.46. The molecule has 0 radical (unpaired) electrons. The van der Waals surface area contributed by atoms with Crippen LogP contribution in [0.4, 0.5) is 5.69 Å². The van der Waals surface area contributed by atoms with Crippen LogP contribution in [0.5, 0.6) is 0 Å². The molecular formula is C13H16N2O3. The van der Waals surface area contributed by atoms with Crippen molar-refractivity contribution < 1.29 is 9.76 Å². The van der Waals surface area contributed by atoms with Crippen molar-refractivity contribution in [3.05, 3.63) is 39.9 Å². The van der Waals surface area contributed by atoms with Gasteiger partial charge in [-0.15, -0.1) is 5.06 Å². The van der Waals surface area contributed by atoms with Crippen molar-refractivity contribution in [2.24, 2.45) is 0 Å². The number of benzene rings is 1.